The zero-order valence-electron chi connectivity index (χ0n) is 15.1. The quantitative estimate of drug-likeness (QED) is 0.695. The molecule has 1 fully saturated rings. The lowest BCUT2D eigenvalue weighted by Crippen LogP contribution is -2.47. The Balaban J connectivity index is 2.09. The molecule has 1 N–H and O–H groups in total. The lowest BCUT2D eigenvalue weighted by Gasteiger charge is -2.36. The van der Waals surface area contributed by atoms with Crippen molar-refractivity contribution in [3.63, 3.8) is 0 Å². The molecule has 1 amide bonds. The number of likely N-dealkylation sites (N-methyl/N-ethyl adjacent to an activating group) is 1. The number of halogens is 1. The molecule has 1 aliphatic heterocycles. The van der Waals surface area contributed by atoms with Gasteiger partial charge in [-0.25, -0.2) is 9.46 Å². The summed E-state index contributed by atoms with van der Waals surface area (Å²) < 4.78 is 25.9. The van der Waals surface area contributed by atoms with Crippen LogP contribution in [-0.2, 0) is 18.6 Å². The third kappa shape index (κ3) is 5.60. The first-order valence-electron chi connectivity index (χ1n) is 7.91. The van der Waals surface area contributed by atoms with Crippen LogP contribution < -0.4 is 11.0 Å². The monoisotopic (exact) mass is 407 g/mol. The van der Waals surface area contributed by atoms with Gasteiger partial charge in [-0.1, -0.05) is 0 Å². The van der Waals surface area contributed by atoms with Crippen LogP contribution in [0.4, 0.5) is 5.82 Å². The van der Waals surface area contributed by atoms with Crippen molar-refractivity contribution < 1.29 is 18.6 Å². The number of morpholine rings is 1. The van der Waals surface area contributed by atoms with Gasteiger partial charge in [0.05, 0.1) is 12.7 Å². The topological polar surface area (TPSA) is 106 Å². The van der Waals surface area contributed by atoms with E-state index in [1.165, 1.54) is 28.4 Å². The highest BCUT2D eigenvalue weighted by molar-refractivity contribution is 7.83. The lowest BCUT2D eigenvalue weighted by molar-refractivity contribution is -0.127. The van der Waals surface area contributed by atoms with Gasteiger partial charge in [-0.05, 0) is 38.5 Å². The first kappa shape index (κ1) is 21.0. The molecule has 0 aromatic carbocycles. The van der Waals surface area contributed by atoms with E-state index in [0.717, 1.165) is 0 Å². The number of nitrogens with one attached hydrogen (secondary N) is 1. The van der Waals surface area contributed by atoms with Gasteiger partial charge in [0.15, 0.2) is 6.23 Å². The van der Waals surface area contributed by atoms with E-state index in [9.17, 15) is 14.2 Å². The van der Waals surface area contributed by atoms with Crippen LogP contribution >= 0.6 is 18.1 Å². The molecule has 0 radical (unpaired) electrons. The largest absolute Gasteiger partial charge is 0.362 e. The molecule has 1 unspecified atom stereocenters. The number of carbonyl (C=O) groups is 1. The SMILES string of the molecule is CC(=O)Nc1ccn(C2CN(C)C[C@@H](CO[P@@](=O)(Cl)N(C)C)O2)c(=O)n1. The van der Waals surface area contributed by atoms with E-state index in [-0.39, 0.29) is 18.3 Å². The number of amides is 1. The van der Waals surface area contributed by atoms with Gasteiger partial charge >= 0.3 is 12.6 Å². The highest BCUT2D eigenvalue weighted by Crippen LogP contribution is 2.54. The van der Waals surface area contributed by atoms with Crippen LogP contribution in [0.5, 0.6) is 0 Å². The second-order valence-electron chi connectivity index (χ2n) is 6.21. The molecule has 10 nitrogen and oxygen atoms in total. The number of carbonyl (C=O) groups excluding carboxylic acids is 1. The Kier molecular flexibility index (Phi) is 6.95. The van der Waals surface area contributed by atoms with Crippen LogP contribution in [0.3, 0.4) is 0 Å². The second-order valence-corrected chi connectivity index (χ2v) is 9.45. The maximum absolute atomic E-state index is 12.2. The molecule has 0 aliphatic carbocycles. The van der Waals surface area contributed by atoms with Crippen molar-refractivity contribution >= 4 is 29.8 Å². The Morgan fingerprint density at radius 2 is 2.23 bits per heavy atom. The zero-order chi connectivity index (χ0) is 19.5. The van der Waals surface area contributed by atoms with Gasteiger partial charge in [-0.3, -0.25) is 18.8 Å². The standard InChI is InChI=1S/C14H23ClN5O5P/c1-10(21)16-12-5-6-20(14(22)17-12)13-8-19(4)7-11(25-13)9-24-26(15,23)18(2)3/h5-6,11,13H,7-9H2,1-4H3,(H,16,17,21,22)/t11-,13?,26-/m0/s1. The molecule has 0 saturated carbocycles. The van der Waals surface area contributed by atoms with Crippen molar-refractivity contribution in [3.05, 3.63) is 22.7 Å². The molecular formula is C14H23ClN5O5P. The minimum Gasteiger partial charge on any atom is -0.350 e. The van der Waals surface area contributed by atoms with E-state index in [4.69, 9.17) is 20.5 Å². The van der Waals surface area contributed by atoms with Crippen molar-refractivity contribution in [2.24, 2.45) is 0 Å². The van der Waals surface area contributed by atoms with Crippen LogP contribution in [0.2, 0.25) is 0 Å². The molecule has 26 heavy (non-hydrogen) atoms. The van der Waals surface area contributed by atoms with Crippen LogP contribution in [0.1, 0.15) is 13.2 Å². The zero-order valence-corrected chi connectivity index (χ0v) is 16.7. The minimum absolute atomic E-state index is 0.0198. The van der Waals surface area contributed by atoms with Crippen LogP contribution in [-0.4, -0.2) is 72.0 Å². The number of anilines is 1. The van der Waals surface area contributed by atoms with E-state index in [2.05, 4.69) is 10.3 Å². The molecule has 1 aromatic rings. The number of nitrogens with zero attached hydrogens (tertiary/aromatic N) is 4. The summed E-state index contributed by atoms with van der Waals surface area (Å²) in [5, 5.41) is 2.46. The molecule has 0 bridgehead atoms. The van der Waals surface area contributed by atoms with E-state index in [0.29, 0.717) is 13.1 Å². The third-order valence-electron chi connectivity index (χ3n) is 3.67. The normalized spacial score (nSPS) is 23.6. The minimum atomic E-state index is -3.39. The number of hydrogen-bond acceptors (Lipinski definition) is 7. The van der Waals surface area contributed by atoms with Gasteiger partial charge < -0.3 is 14.6 Å². The molecular weight excluding hydrogens is 385 g/mol. The molecule has 12 heteroatoms. The summed E-state index contributed by atoms with van der Waals surface area (Å²) in [6, 6.07) is 1.52. The number of ether oxygens (including phenoxy) is 1. The molecule has 1 aromatic heterocycles. The summed E-state index contributed by atoms with van der Waals surface area (Å²) in [6.07, 6.45) is 0.490. The average molecular weight is 408 g/mol. The fourth-order valence-electron chi connectivity index (χ4n) is 2.41. The molecule has 1 aliphatic rings. The van der Waals surface area contributed by atoms with Crippen molar-refractivity contribution in [2.45, 2.75) is 19.3 Å². The van der Waals surface area contributed by atoms with Crippen molar-refractivity contribution in [2.75, 3.05) is 46.2 Å². The van der Waals surface area contributed by atoms with Gasteiger partial charge in [0.1, 0.15) is 5.82 Å². The summed E-state index contributed by atoms with van der Waals surface area (Å²) in [7, 11) is 5.00. The van der Waals surface area contributed by atoms with Crippen LogP contribution in [0, 0.1) is 0 Å². The Morgan fingerprint density at radius 1 is 1.54 bits per heavy atom. The van der Waals surface area contributed by atoms with Crippen molar-refractivity contribution in [1.29, 1.82) is 0 Å². The van der Waals surface area contributed by atoms with Gasteiger partial charge in [-0.2, -0.15) is 4.98 Å². The average Bonchev–Trinajstić information content (AvgIpc) is 2.52. The Labute approximate surface area is 156 Å². The predicted octanol–water partition coefficient (Wildman–Crippen LogP) is 0.956. The third-order valence-corrected chi connectivity index (χ3v) is 6.30. The van der Waals surface area contributed by atoms with Crippen LogP contribution in [0.25, 0.3) is 0 Å². The Morgan fingerprint density at radius 3 is 2.81 bits per heavy atom. The van der Waals surface area contributed by atoms with Gasteiger partial charge in [0.2, 0.25) is 5.91 Å². The predicted molar refractivity (Wildman–Crippen MR) is 97.3 cm³/mol. The maximum Gasteiger partial charge on any atom is 0.362 e. The van der Waals surface area contributed by atoms with Crippen LogP contribution in [0.15, 0.2) is 17.1 Å². The second kappa shape index (κ2) is 8.60. The summed E-state index contributed by atoms with van der Waals surface area (Å²) in [5.74, 6) is -0.135. The summed E-state index contributed by atoms with van der Waals surface area (Å²) in [5.41, 5.74) is -0.549. The number of rotatable bonds is 6. The number of aromatic nitrogens is 2. The van der Waals surface area contributed by atoms with Gasteiger partial charge in [0, 0.05) is 26.2 Å². The number of hydrogen-bond donors (Lipinski definition) is 1. The Bertz CT molecular complexity index is 757. The first-order chi connectivity index (χ1) is 12.1. The van der Waals surface area contributed by atoms with Gasteiger partial charge in [-0.15, -0.1) is 0 Å². The molecule has 2 heterocycles. The summed E-state index contributed by atoms with van der Waals surface area (Å²) in [4.78, 5) is 29.1. The van der Waals surface area contributed by atoms with Gasteiger partial charge in [0.25, 0.3) is 0 Å². The van der Waals surface area contributed by atoms with Crippen molar-refractivity contribution in [1.82, 2.24) is 19.1 Å². The fraction of sp³-hybridized carbons (Fsp3) is 0.643. The van der Waals surface area contributed by atoms with Crippen molar-refractivity contribution in [3.8, 4) is 0 Å². The maximum atomic E-state index is 12.2. The summed E-state index contributed by atoms with van der Waals surface area (Å²) in [6.45, 7) is -1.04. The molecule has 3 atom stereocenters. The molecule has 146 valence electrons. The van der Waals surface area contributed by atoms with E-state index in [1.54, 1.807) is 14.1 Å². The highest BCUT2D eigenvalue weighted by atomic mass is 35.7. The lowest BCUT2D eigenvalue weighted by atomic mass is 10.3. The molecule has 2 rings (SSSR count). The van der Waals surface area contributed by atoms with E-state index >= 15 is 0 Å². The first-order valence-corrected chi connectivity index (χ1v) is 10.4. The fourth-order valence-corrected chi connectivity index (χ4v) is 3.17. The molecule has 0 spiro atoms. The van der Waals surface area contributed by atoms with E-state index < -0.39 is 24.9 Å². The smallest absolute Gasteiger partial charge is 0.350 e. The molecule has 1 saturated heterocycles. The summed E-state index contributed by atoms with van der Waals surface area (Å²) >= 11 is 5.85. The van der Waals surface area contributed by atoms with E-state index in [1.807, 2.05) is 11.9 Å². The highest BCUT2D eigenvalue weighted by Gasteiger charge is 2.31. The Hall–Kier alpha value is -1.29.